The van der Waals surface area contributed by atoms with E-state index in [2.05, 4.69) is 20.3 Å². The molecule has 8 nitrogen and oxygen atoms in total. The minimum atomic E-state index is 0.144. The Bertz CT molecular complexity index is 845. The molecule has 6 N–H and O–H groups in total. The van der Waals surface area contributed by atoms with E-state index in [0.29, 0.717) is 18.0 Å². The van der Waals surface area contributed by atoms with Crippen molar-refractivity contribution in [3.05, 3.63) is 30.0 Å². The van der Waals surface area contributed by atoms with Gasteiger partial charge in [0.1, 0.15) is 23.0 Å². The molecule has 0 aliphatic heterocycles. The van der Waals surface area contributed by atoms with E-state index in [-0.39, 0.29) is 5.95 Å². The monoisotopic (exact) mass is 314 g/mol. The van der Waals surface area contributed by atoms with E-state index >= 15 is 0 Å². The van der Waals surface area contributed by atoms with Crippen LogP contribution in [0, 0.1) is 0 Å². The summed E-state index contributed by atoms with van der Waals surface area (Å²) >= 11 is 0. The van der Waals surface area contributed by atoms with E-state index in [4.69, 9.17) is 20.9 Å². The zero-order chi connectivity index (χ0) is 16.4. The Balaban J connectivity index is 1.89. The van der Waals surface area contributed by atoms with Crippen molar-refractivity contribution in [2.24, 2.45) is 0 Å². The number of fused-ring (bicyclic) bond motifs is 1. The number of hydrogen-bond acceptors (Lipinski definition) is 7. The minimum absolute atomic E-state index is 0.144. The summed E-state index contributed by atoms with van der Waals surface area (Å²) in [6, 6.07) is 5.55. The van der Waals surface area contributed by atoms with Gasteiger partial charge in [-0.2, -0.15) is 9.97 Å². The Kier molecular flexibility index (Phi) is 3.80. The average Bonchev–Trinajstić information content (AvgIpc) is 2.95. The summed E-state index contributed by atoms with van der Waals surface area (Å²) in [6.45, 7) is 0.515. The molecule has 0 unspecified atom stereocenters. The summed E-state index contributed by atoms with van der Waals surface area (Å²) in [5, 5.41) is 4.07. The molecule has 0 radical (unpaired) electrons. The fraction of sp³-hybridized carbons (Fsp3) is 0.200. The van der Waals surface area contributed by atoms with Crippen molar-refractivity contribution in [2.45, 2.75) is 6.54 Å². The first-order chi connectivity index (χ1) is 11.1. The first-order valence-electron chi connectivity index (χ1n) is 6.97. The van der Waals surface area contributed by atoms with Gasteiger partial charge in [0, 0.05) is 24.4 Å². The van der Waals surface area contributed by atoms with E-state index in [9.17, 15) is 0 Å². The molecule has 2 heterocycles. The third kappa shape index (κ3) is 2.78. The fourth-order valence-corrected chi connectivity index (χ4v) is 2.43. The standard InChI is InChI=1S/C15H18N6O2/c1-22-9-3-4-11(23-2)10(5-9)18-6-8-7-19-14-12(8)13(16)20-15(17)21-14/h3-5,7,18H,6H2,1-2H3,(H5,16,17,19,20,21). The van der Waals surface area contributed by atoms with Crippen LogP contribution in [-0.4, -0.2) is 29.2 Å². The predicted molar refractivity (Wildman–Crippen MR) is 89.6 cm³/mol. The lowest BCUT2D eigenvalue weighted by atomic mass is 10.2. The highest BCUT2D eigenvalue weighted by Crippen LogP contribution is 2.30. The van der Waals surface area contributed by atoms with Crippen LogP contribution in [0.1, 0.15) is 5.56 Å². The highest BCUT2D eigenvalue weighted by Gasteiger charge is 2.12. The number of nitrogens with two attached hydrogens (primary N) is 2. The number of methoxy groups -OCH3 is 2. The third-order valence-corrected chi connectivity index (χ3v) is 3.53. The molecule has 3 rings (SSSR count). The molecule has 0 amide bonds. The maximum absolute atomic E-state index is 5.95. The molecule has 0 saturated heterocycles. The second-order valence-corrected chi connectivity index (χ2v) is 4.92. The van der Waals surface area contributed by atoms with Crippen molar-refractivity contribution in [1.29, 1.82) is 0 Å². The first-order valence-corrected chi connectivity index (χ1v) is 6.97. The lowest BCUT2D eigenvalue weighted by Gasteiger charge is -2.12. The van der Waals surface area contributed by atoms with Crippen LogP contribution in [0.15, 0.2) is 24.4 Å². The molecule has 0 spiro atoms. The molecule has 0 atom stereocenters. The number of rotatable bonds is 5. The maximum atomic E-state index is 5.95. The van der Waals surface area contributed by atoms with Gasteiger partial charge in [-0.25, -0.2) is 0 Å². The van der Waals surface area contributed by atoms with Crippen LogP contribution in [0.5, 0.6) is 11.5 Å². The number of nitrogens with zero attached hydrogens (tertiary/aromatic N) is 2. The number of ether oxygens (including phenoxy) is 2. The van der Waals surface area contributed by atoms with Crippen molar-refractivity contribution < 1.29 is 9.47 Å². The first kappa shape index (κ1) is 14.8. The van der Waals surface area contributed by atoms with Gasteiger partial charge in [0.2, 0.25) is 5.95 Å². The Labute approximate surface area is 132 Å². The molecule has 0 saturated carbocycles. The van der Waals surface area contributed by atoms with Gasteiger partial charge in [-0.1, -0.05) is 0 Å². The van der Waals surface area contributed by atoms with Crippen molar-refractivity contribution in [2.75, 3.05) is 31.0 Å². The molecule has 120 valence electrons. The lowest BCUT2D eigenvalue weighted by molar-refractivity contribution is 0.404. The topological polar surface area (TPSA) is 124 Å². The second kappa shape index (κ2) is 5.91. The molecule has 2 aromatic heterocycles. The van der Waals surface area contributed by atoms with Crippen LogP contribution in [0.2, 0.25) is 0 Å². The molecule has 23 heavy (non-hydrogen) atoms. The minimum Gasteiger partial charge on any atom is -0.497 e. The van der Waals surface area contributed by atoms with E-state index in [1.54, 1.807) is 14.2 Å². The van der Waals surface area contributed by atoms with Gasteiger partial charge in [-0.05, 0) is 12.1 Å². The van der Waals surface area contributed by atoms with Crippen LogP contribution in [0.3, 0.4) is 0 Å². The lowest BCUT2D eigenvalue weighted by Crippen LogP contribution is -2.04. The van der Waals surface area contributed by atoms with Gasteiger partial charge >= 0.3 is 0 Å². The third-order valence-electron chi connectivity index (χ3n) is 3.53. The number of aromatic nitrogens is 3. The largest absolute Gasteiger partial charge is 0.497 e. The SMILES string of the molecule is COc1ccc(OC)c(NCc2c[nH]c3nc(N)nc(N)c23)c1. The fourth-order valence-electron chi connectivity index (χ4n) is 2.43. The summed E-state index contributed by atoms with van der Waals surface area (Å²) in [7, 11) is 3.24. The predicted octanol–water partition coefficient (Wildman–Crippen LogP) is 1.75. The van der Waals surface area contributed by atoms with Gasteiger partial charge in [-0.3, -0.25) is 0 Å². The zero-order valence-corrected chi connectivity index (χ0v) is 12.9. The number of anilines is 3. The molecular formula is C15H18N6O2. The highest BCUT2D eigenvalue weighted by molar-refractivity contribution is 5.90. The number of aromatic amines is 1. The Morgan fingerprint density at radius 2 is 2.00 bits per heavy atom. The van der Waals surface area contributed by atoms with Gasteiger partial charge < -0.3 is 31.2 Å². The average molecular weight is 314 g/mol. The summed E-state index contributed by atoms with van der Waals surface area (Å²) in [4.78, 5) is 11.2. The number of hydrogen-bond donors (Lipinski definition) is 4. The summed E-state index contributed by atoms with van der Waals surface area (Å²) in [5.41, 5.74) is 13.9. The van der Waals surface area contributed by atoms with E-state index < -0.39 is 0 Å². The smallest absolute Gasteiger partial charge is 0.223 e. The Hall–Kier alpha value is -3.16. The Morgan fingerprint density at radius 1 is 1.17 bits per heavy atom. The van der Waals surface area contributed by atoms with E-state index in [1.807, 2.05) is 24.4 Å². The number of nitrogen functional groups attached to an aromatic ring is 2. The molecule has 0 fully saturated rings. The number of benzene rings is 1. The number of H-pyrrole nitrogens is 1. The second-order valence-electron chi connectivity index (χ2n) is 4.92. The van der Waals surface area contributed by atoms with Crippen LogP contribution < -0.4 is 26.3 Å². The van der Waals surface area contributed by atoms with Crippen molar-refractivity contribution >= 4 is 28.5 Å². The molecule has 8 heteroatoms. The summed E-state index contributed by atoms with van der Waals surface area (Å²) in [5.74, 6) is 1.95. The van der Waals surface area contributed by atoms with Crippen LogP contribution in [-0.2, 0) is 6.54 Å². The highest BCUT2D eigenvalue weighted by atomic mass is 16.5. The molecule has 0 bridgehead atoms. The molecule has 0 aliphatic rings. The molecule has 1 aromatic carbocycles. The van der Waals surface area contributed by atoms with E-state index in [1.165, 1.54) is 0 Å². The molecule has 0 aliphatic carbocycles. The number of nitrogens with one attached hydrogen (secondary N) is 2. The zero-order valence-electron chi connectivity index (χ0n) is 12.9. The normalized spacial score (nSPS) is 10.7. The van der Waals surface area contributed by atoms with Crippen molar-refractivity contribution in [1.82, 2.24) is 15.0 Å². The van der Waals surface area contributed by atoms with Gasteiger partial charge in [0.15, 0.2) is 0 Å². The molecule has 3 aromatic rings. The Morgan fingerprint density at radius 3 is 2.74 bits per heavy atom. The molecular weight excluding hydrogens is 296 g/mol. The van der Waals surface area contributed by atoms with Crippen molar-refractivity contribution in [3.63, 3.8) is 0 Å². The van der Waals surface area contributed by atoms with Gasteiger partial charge in [0.25, 0.3) is 0 Å². The van der Waals surface area contributed by atoms with Crippen LogP contribution in [0.25, 0.3) is 11.0 Å². The van der Waals surface area contributed by atoms with Crippen LogP contribution >= 0.6 is 0 Å². The van der Waals surface area contributed by atoms with Crippen molar-refractivity contribution in [3.8, 4) is 11.5 Å². The van der Waals surface area contributed by atoms with Crippen LogP contribution in [0.4, 0.5) is 17.5 Å². The summed E-state index contributed by atoms with van der Waals surface area (Å²) in [6.07, 6.45) is 1.83. The van der Waals surface area contributed by atoms with E-state index in [0.717, 1.165) is 28.1 Å². The van der Waals surface area contributed by atoms with Gasteiger partial charge in [-0.15, -0.1) is 0 Å². The maximum Gasteiger partial charge on any atom is 0.223 e. The van der Waals surface area contributed by atoms with Gasteiger partial charge in [0.05, 0.1) is 25.3 Å². The summed E-state index contributed by atoms with van der Waals surface area (Å²) < 4.78 is 10.6. The quantitative estimate of drug-likeness (QED) is 0.565.